The zero-order valence-electron chi connectivity index (χ0n) is 15.2. The van der Waals surface area contributed by atoms with E-state index in [1.54, 1.807) is 12.1 Å². The van der Waals surface area contributed by atoms with Gasteiger partial charge >= 0.3 is 0 Å². The van der Waals surface area contributed by atoms with E-state index < -0.39 is 34.3 Å². The van der Waals surface area contributed by atoms with Crippen molar-refractivity contribution in [2.24, 2.45) is 0 Å². The molecule has 1 saturated heterocycles. The summed E-state index contributed by atoms with van der Waals surface area (Å²) >= 11 is 0. The molecule has 0 unspecified atom stereocenters. The number of aliphatic hydroxyl groups is 1. The minimum absolute atomic E-state index is 0.0198. The quantitative estimate of drug-likeness (QED) is 0.279. The molecule has 28 heavy (non-hydrogen) atoms. The molecule has 0 spiro atoms. The van der Waals surface area contributed by atoms with Gasteiger partial charge in [0.05, 0.1) is 18.1 Å². The molecule has 0 aromatic heterocycles. The van der Waals surface area contributed by atoms with Crippen LogP contribution in [0.2, 0.25) is 0 Å². The largest absolute Gasteiger partial charge is 0.395 e. The summed E-state index contributed by atoms with van der Waals surface area (Å²) in [6.07, 6.45) is 0.354. The lowest BCUT2D eigenvalue weighted by Crippen LogP contribution is -2.70. The molecule has 148 valence electrons. The van der Waals surface area contributed by atoms with Gasteiger partial charge in [-0.2, -0.15) is 0 Å². The molecule has 1 atom stereocenters. The summed E-state index contributed by atoms with van der Waals surface area (Å²) in [6.45, 7) is -0.0198. The molecule has 2 rings (SSSR count). The number of benzene rings is 1. The Labute approximate surface area is 165 Å². The van der Waals surface area contributed by atoms with Crippen molar-refractivity contribution in [3.63, 3.8) is 0 Å². The summed E-state index contributed by atoms with van der Waals surface area (Å²) in [4.78, 5) is 24.5. The van der Waals surface area contributed by atoms with Crippen LogP contribution >= 0.6 is 0 Å². The van der Waals surface area contributed by atoms with E-state index in [0.29, 0.717) is 12.0 Å². The van der Waals surface area contributed by atoms with Crippen LogP contribution in [-0.4, -0.2) is 63.2 Å². The number of hydrogen-bond donors (Lipinski definition) is 4. The maximum absolute atomic E-state index is 12.5. The Morgan fingerprint density at radius 1 is 1.29 bits per heavy atom. The Balaban J connectivity index is 2.10. The summed E-state index contributed by atoms with van der Waals surface area (Å²) in [5.74, 6) is 9.47. The first-order chi connectivity index (χ1) is 13.5. The molecule has 2 amide bonds. The number of amides is 2. The molecular formula is C19H20N2O6S. The monoisotopic (exact) mass is 404 g/mol. The predicted molar refractivity (Wildman–Crippen MR) is 102 cm³/mol. The Bertz CT molecular complexity index is 868. The van der Waals surface area contributed by atoms with Gasteiger partial charge in [-0.1, -0.05) is 11.8 Å². The van der Waals surface area contributed by atoms with Crippen LogP contribution in [0.4, 0.5) is 0 Å². The third kappa shape index (κ3) is 5.18. The lowest BCUT2D eigenvalue weighted by molar-refractivity contribution is -0.138. The average molecular weight is 404 g/mol. The Hall–Kier alpha value is -2.69. The minimum atomic E-state index is -1.20. The van der Waals surface area contributed by atoms with Crippen LogP contribution in [0, 0.1) is 23.7 Å². The number of methoxy groups -OCH3 is 1. The molecule has 1 aliphatic rings. The fourth-order valence-electron chi connectivity index (χ4n) is 2.59. The van der Waals surface area contributed by atoms with Crippen molar-refractivity contribution in [1.29, 1.82) is 0 Å². The van der Waals surface area contributed by atoms with Crippen molar-refractivity contribution in [1.82, 2.24) is 10.8 Å². The van der Waals surface area contributed by atoms with Gasteiger partial charge in [-0.05, 0) is 36.1 Å². The van der Waals surface area contributed by atoms with Gasteiger partial charge in [0.15, 0.2) is 0 Å². The fraction of sp³-hybridized carbons (Fsp3) is 0.368. The highest BCUT2D eigenvalue weighted by Crippen LogP contribution is 2.28. The van der Waals surface area contributed by atoms with Crippen molar-refractivity contribution < 1.29 is 28.8 Å². The number of hydrogen-bond acceptors (Lipinski definition) is 6. The second kappa shape index (κ2) is 10.0. The van der Waals surface area contributed by atoms with E-state index in [2.05, 4.69) is 29.0 Å². The molecule has 9 heteroatoms. The van der Waals surface area contributed by atoms with Crippen LogP contribution in [0.3, 0.4) is 0 Å². The highest BCUT2D eigenvalue weighted by Gasteiger charge is 2.53. The molecule has 1 aliphatic heterocycles. The van der Waals surface area contributed by atoms with E-state index in [4.69, 9.17) is 15.1 Å². The topological polar surface area (TPSA) is 125 Å². The van der Waals surface area contributed by atoms with Crippen molar-refractivity contribution in [3.05, 3.63) is 35.4 Å². The first-order valence-corrected chi connectivity index (χ1v) is 9.79. The lowest BCUT2D eigenvalue weighted by Gasteiger charge is -2.44. The highest BCUT2D eigenvalue weighted by atomic mass is 32.2. The van der Waals surface area contributed by atoms with Crippen molar-refractivity contribution in [2.75, 3.05) is 25.2 Å². The van der Waals surface area contributed by atoms with Crippen LogP contribution in [0.5, 0.6) is 0 Å². The number of carbonyl (C=O) groups excluding carboxylic acids is 2. The SMILES string of the molecule is COC1([C@H](NC(=O)c2ccc(C#CC#CCCO)cc2)C(=O)NO)CS(=O)C1. The summed E-state index contributed by atoms with van der Waals surface area (Å²) in [5.41, 5.74) is 1.30. The molecule has 0 bridgehead atoms. The molecular weight excluding hydrogens is 384 g/mol. The van der Waals surface area contributed by atoms with Gasteiger partial charge in [0.25, 0.3) is 11.8 Å². The number of nitrogens with one attached hydrogen (secondary N) is 2. The number of ether oxygens (including phenoxy) is 1. The Morgan fingerprint density at radius 3 is 2.50 bits per heavy atom. The van der Waals surface area contributed by atoms with Crippen LogP contribution in [0.15, 0.2) is 24.3 Å². The second-order valence-electron chi connectivity index (χ2n) is 5.98. The van der Waals surface area contributed by atoms with Crippen LogP contribution in [0.25, 0.3) is 0 Å². The number of rotatable bonds is 6. The van der Waals surface area contributed by atoms with E-state index in [-0.39, 0.29) is 23.7 Å². The maximum Gasteiger partial charge on any atom is 0.268 e. The predicted octanol–water partition coefficient (Wildman–Crippen LogP) is -0.825. The molecule has 1 heterocycles. The molecule has 1 fully saturated rings. The van der Waals surface area contributed by atoms with E-state index >= 15 is 0 Å². The van der Waals surface area contributed by atoms with E-state index in [0.717, 1.165) is 0 Å². The zero-order chi connectivity index (χ0) is 20.6. The molecule has 8 nitrogen and oxygen atoms in total. The Kier molecular flexibility index (Phi) is 7.73. The van der Waals surface area contributed by atoms with Gasteiger partial charge in [-0.25, -0.2) is 5.48 Å². The van der Waals surface area contributed by atoms with E-state index in [9.17, 15) is 13.8 Å². The normalized spacial score (nSPS) is 21.0. The lowest BCUT2D eigenvalue weighted by atomic mass is 9.95. The summed E-state index contributed by atoms with van der Waals surface area (Å²) in [7, 11) is 0.212. The van der Waals surface area contributed by atoms with Crippen LogP contribution < -0.4 is 10.8 Å². The molecule has 1 aromatic carbocycles. The minimum Gasteiger partial charge on any atom is -0.395 e. The first-order valence-electron chi connectivity index (χ1n) is 8.30. The number of hydroxylamine groups is 1. The maximum atomic E-state index is 12.5. The van der Waals surface area contributed by atoms with Crippen molar-refractivity contribution in [2.45, 2.75) is 18.1 Å². The van der Waals surface area contributed by atoms with Gasteiger partial charge in [0.1, 0.15) is 11.6 Å². The molecule has 0 saturated carbocycles. The number of aliphatic hydroxyl groups excluding tert-OH is 1. The van der Waals surface area contributed by atoms with Crippen LogP contribution in [0.1, 0.15) is 22.3 Å². The third-order valence-electron chi connectivity index (χ3n) is 4.13. The molecule has 4 N–H and O–H groups in total. The van der Waals surface area contributed by atoms with E-state index in [1.165, 1.54) is 24.7 Å². The first kappa shape index (κ1) is 21.6. The standard InChI is InChI=1S/C19H20N2O6S/c1-27-19(12-28(26)13-19)16(18(24)21-25)20-17(23)15-9-7-14(8-10-15)6-4-2-3-5-11-22/h7-10,16,22,25H,5,11-13H2,1H3,(H,20,23)(H,21,24)/t16-,19?,28?/m1/s1. The zero-order valence-corrected chi connectivity index (χ0v) is 16.0. The molecule has 1 aromatic rings. The Morgan fingerprint density at radius 2 is 1.96 bits per heavy atom. The summed E-state index contributed by atoms with van der Waals surface area (Å²) < 4.78 is 16.8. The van der Waals surface area contributed by atoms with Crippen molar-refractivity contribution in [3.8, 4) is 23.7 Å². The van der Waals surface area contributed by atoms with Gasteiger partial charge in [0, 0.05) is 35.5 Å². The molecule has 0 radical (unpaired) electrons. The van der Waals surface area contributed by atoms with Gasteiger partial charge in [0.2, 0.25) is 0 Å². The van der Waals surface area contributed by atoms with Gasteiger partial charge in [-0.3, -0.25) is 19.0 Å². The average Bonchev–Trinajstić information content (AvgIpc) is 2.69. The summed E-state index contributed by atoms with van der Waals surface area (Å²) in [5, 5.41) is 20.1. The smallest absolute Gasteiger partial charge is 0.268 e. The van der Waals surface area contributed by atoms with Gasteiger partial charge < -0.3 is 15.2 Å². The van der Waals surface area contributed by atoms with Crippen molar-refractivity contribution >= 4 is 22.6 Å². The van der Waals surface area contributed by atoms with E-state index in [1.807, 2.05) is 0 Å². The number of carbonyl (C=O) groups is 2. The fourth-order valence-corrected chi connectivity index (χ4v) is 4.17. The van der Waals surface area contributed by atoms with Gasteiger partial charge in [-0.15, -0.1) is 0 Å². The second-order valence-corrected chi connectivity index (χ2v) is 7.44. The third-order valence-corrected chi connectivity index (χ3v) is 5.75. The highest BCUT2D eigenvalue weighted by molar-refractivity contribution is 7.86. The molecule has 0 aliphatic carbocycles. The summed E-state index contributed by atoms with van der Waals surface area (Å²) in [6, 6.07) is 5.12. The van der Waals surface area contributed by atoms with Crippen LogP contribution in [-0.2, 0) is 20.3 Å².